The first-order valence-corrected chi connectivity index (χ1v) is 10.6. The number of hydrogen-bond donors (Lipinski definition) is 1. The van der Waals surface area contributed by atoms with Crippen LogP contribution >= 0.6 is 28.1 Å². The van der Waals surface area contributed by atoms with Crippen LogP contribution in [0.15, 0.2) is 83.3 Å². The number of amides is 1. The summed E-state index contributed by atoms with van der Waals surface area (Å²) in [4.78, 5) is 12.6. The summed E-state index contributed by atoms with van der Waals surface area (Å²) in [5.41, 5.74) is 3.68. The smallest absolute Gasteiger partial charge is 0.246 e. The first-order chi connectivity index (χ1) is 14.5. The average molecular weight is 479 g/mol. The van der Waals surface area contributed by atoms with Gasteiger partial charge in [-0.2, -0.15) is 5.10 Å². The number of nitrogens with zero attached hydrogens (tertiary/aromatic N) is 3. The van der Waals surface area contributed by atoms with Gasteiger partial charge in [-0.3, -0.25) is 9.36 Å². The van der Waals surface area contributed by atoms with Crippen molar-refractivity contribution in [1.82, 2.24) is 14.3 Å². The molecule has 0 atom stereocenters. The fourth-order valence-corrected chi connectivity index (χ4v) is 3.64. The zero-order chi connectivity index (χ0) is 21.1. The Hall–Kier alpha value is -3.03. The van der Waals surface area contributed by atoms with Gasteiger partial charge in [-0.1, -0.05) is 64.0 Å². The van der Waals surface area contributed by atoms with Gasteiger partial charge in [0.25, 0.3) is 0 Å². The summed E-state index contributed by atoms with van der Waals surface area (Å²) in [5.74, 6) is 0.497. The van der Waals surface area contributed by atoms with Crippen molar-refractivity contribution < 1.29 is 4.79 Å². The summed E-state index contributed by atoms with van der Waals surface area (Å²) >= 11 is 9.16. The highest BCUT2D eigenvalue weighted by molar-refractivity contribution is 9.10. The third-order valence-electron chi connectivity index (χ3n) is 4.58. The number of aromatic nitrogens is 3. The van der Waals surface area contributed by atoms with Gasteiger partial charge in [0, 0.05) is 21.4 Å². The molecule has 0 spiro atoms. The van der Waals surface area contributed by atoms with Gasteiger partial charge in [0.2, 0.25) is 10.7 Å². The lowest BCUT2D eigenvalue weighted by molar-refractivity contribution is -0.116. The number of aryl methyl sites for hydroxylation is 1. The molecule has 0 bridgehead atoms. The van der Waals surface area contributed by atoms with E-state index in [4.69, 9.17) is 12.2 Å². The minimum atomic E-state index is -0.185. The highest BCUT2D eigenvalue weighted by Gasteiger charge is 2.16. The molecule has 0 aliphatic heterocycles. The molecule has 3 aromatic carbocycles. The molecule has 1 aromatic heterocycles. The second-order valence-electron chi connectivity index (χ2n) is 6.86. The van der Waals surface area contributed by atoms with Crippen LogP contribution in [-0.4, -0.2) is 20.3 Å². The third-order valence-corrected chi connectivity index (χ3v) is 5.51. The molecule has 7 heteroatoms. The topological polar surface area (TPSA) is 51.9 Å². The van der Waals surface area contributed by atoms with Crippen LogP contribution in [0, 0.1) is 11.7 Å². The van der Waals surface area contributed by atoms with Crippen molar-refractivity contribution in [3.8, 4) is 17.1 Å². The molecule has 30 heavy (non-hydrogen) atoms. The molecule has 4 aromatic rings. The average Bonchev–Trinajstić information content (AvgIpc) is 3.07. The van der Waals surface area contributed by atoms with E-state index in [0.29, 0.717) is 10.6 Å². The Morgan fingerprint density at radius 2 is 1.67 bits per heavy atom. The minimum absolute atomic E-state index is 0.0239. The number of rotatable bonds is 5. The summed E-state index contributed by atoms with van der Waals surface area (Å²) in [6.07, 6.45) is 0. The number of nitrogens with one attached hydrogen (secondary N) is 1. The maximum atomic E-state index is 12.6. The summed E-state index contributed by atoms with van der Waals surface area (Å²) in [7, 11) is 0. The summed E-state index contributed by atoms with van der Waals surface area (Å²) < 4.78 is 4.88. The van der Waals surface area contributed by atoms with E-state index in [2.05, 4.69) is 26.3 Å². The standard InChI is InChI=1S/C23H19BrN4OS/c1-16-7-13-19(14-8-16)25-21(29)15-27-23(30)28(20-5-3-2-4-6-20)22(26-27)17-9-11-18(24)12-10-17/h2-14H,15H2,1H3,(H,25,29). The summed E-state index contributed by atoms with van der Waals surface area (Å²) in [6, 6.07) is 25.3. The number of carbonyl (C=O) groups is 1. The molecular weight excluding hydrogens is 460 g/mol. The van der Waals surface area contributed by atoms with Crippen LogP contribution in [-0.2, 0) is 11.3 Å². The van der Waals surface area contributed by atoms with Crippen molar-refractivity contribution in [2.45, 2.75) is 13.5 Å². The monoisotopic (exact) mass is 478 g/mol. The number of benzene rings is 3. The Morgan fingerprint density at radius 3 is 2.33 bits per heavy atom. The predicted octanol–water partition coefficient (Wildman–Crippen LogP) is 5.78. The molecule has 0 saturated carbocycles. The van der Waals surface area contributed by atoms with Crippen molar-refractivity contribution in [3.05, 3.63) is 93.7 Å². The quantitative estimate of drug-likeness (QED) is 0.369. The van der Waals surface area contributed by atoms with Crippen molar-refractivity contribution >= 4 is 39.7 Å². The first-order valence-electron chi connectivity index (χ1n) is 9.39. The molecule has 1 amide bonds. The van der Waals surface area contributed by atoms with Gasteiger partial charge in [0.1, 0.15) is 6.54 Å². The molecule has 0 radical (unpaired) electrons. The van der Waals surface area contributed by atoms with Gasteiger partial charge in [-0.25, -0.2) is 4.68 Å². The normalized spacial score (nSPS) is 10.7. The second-order valence-corrected chi connectivity index (χ2v) is 8.14. The maximum Gasteiger partial charge on any atom is 0.246 e. The summed E-state index contributed by atoms with van der Waals surface area (Å²) in [5, 5.41) is 7.58. The van der Waals surface area contributed by atoms with E-state index < -0.39 is 0 Å². The molecule has 4 rings (SSSR count). The number of para-hydroxylation sites is 1. The van der Waals surface area contributed by atoms with E-state index in [1.165, 1.54) is 0 Å². The van der Waals surface area contributed by atoms with Crippen molar-refractivity contribution in [2.24, 2.45) is 0 Å². The third kappa shape index (κ3) is 4.42. The fraction of sp³-hybridized carbons (Fsp3) is 0.0870. The van der Waals surface area contributed by atoms with Crippen LogP contribution < -0.4 is 5.32 Å². The Labute approximate surface area is 188 Å². The molecule has 0 fully saturated rings. The zero-order valence-corrected chi connectivity index (χ0v) is 18.7. The zero-order valence-electron chi connectivity index (χ0n) is 16.2. The Kier molecular flexibility index (Phi) is 5.92. The van der Waals surface area contributed by atoms with Crippen LogP contribution in [0.3, 0.4) is 0 Å². The molecule has 0 saturated heterocycles. The number of halogens is 1. The van der Waals surface area contributed by atoms with Gasteiger partial charge in [-0.05, 0) is 55.5 Å². The molecule has 1 heterocycles. The largest absolute Gasteiger partial charge is 0.324 e. The van der Waals surface area contributed by atoms with Gasteiger partial charge in [-0.15, -0.1) is 0 Å². The Morgan fingerprint density at radius 1 is 1.00 bits per heavy atom. The van der Waals surface area contributed by atoms with E-state index in [-0.39, 0.29) is 12.5 Å². The molecule has 0 unspecified atom stereocenters. The van der Waals surface area contributed by atoms with Gasteiger partial charge < -0.3 is 5.32 Å². The van der Waals surface area contributed by atoms with Crippen LogP contribution in [0.5, 0.6) is 0 Å². The molecule has 150 valence electrons. The molecule has 5 nitrogen and oxygen atoms in total. The second kappa shape index (κ2) is 8.77. The van der Waals surface area contributed by atoms with Crippen LogP contribution in [0.1, 0.15) is 5.56 Å². The Balaban J connectivity index is 1.70. The highest BCUT2D eigenvalue weighted by atomic mass is 79.9. The molecular formula is C23H19BrN4OS. The number of carbonyl (C=O) groups excluding carboxylic acids is 1. The highest BCUT2D eigenvalue weighted by Crippen LogP contribution is 2.24. The summed E-state index contributed by atoms with van der Waals surface area (Å²) in [6.45, 7) is 2.03. The van der Waals surface area contributed by atoms with Crippen LogP contribution in [0.25, 0.3) is 17.1 Å². The van der Waals surface area contributed by atoms with Crippen LogP contribution in [0.4, 0.5) is 5.69 Å². The number of hydrogen-bond acceptors (Lipinski definition) is 3. The first kappa shape index (κ1) is 20.3. The molecule has 0 aliphatic carbocycles. The van der Waals surface area contributed by atoms with Gasteiger partial charge in [0.05, 0.1) is 0 Å². The van der Waals surface area contributed by atoms with E-state index in [1.54, 1.807) is 4.68 Å². The lowest BCUT2D eigenvalue weighted by atomic mass is 10.2. The minimum Gasteiger partial charge on any atom is -0.324 e. The van der Waals surface area contributed by atoms with E-state index in [0.717, 1.165) is 27.0 Å². The van der Waals surface area contributed by atoms with E-state index in [9.17, 15) is 4.79 Å². The van der Waals surface area contributed by atoms with E-state index >= 15 is 0 Å². The fourth-order valence-electron chi connectivity index (χ4n) is 3.08. The number of anilines is 1. The molecule has 1 N–H and O–H groups in total. The van der Waals surface area contributed by atoms with Gasteiger partial charge >= 0.3 is 0 Å². The molecule has 0 aliphatic rings. The predicted molar refractivity (Wildman–Crippen MR) is 125 cm³/mol. The van der Waals surface area contributed by atoms with Gasteiger partial charge in [0.15, 0.2) is 5.82 Å². The van der Waals surface area contributed by atoms with Crippen molar-refractivity contribution in [1.29, 1.82) is 0 Å². The lowest BCUT2D eigenvalue weighted by Gasteiger charge is -2.07. The Bertz CT molecular complexity index is 1230. The SMILES string of the molecule is Cc1ccc(NC(=O)Cn2nc(-c3ccc(Br)cc3)n(-c3ccccc3)c2=S)cc1. The maximum absolute atomic E-state index is 12.6. The van der Waals surface area contributed by atoms with Crippen molar-refractivity contribution in [3.63, 3.8) is 0 Å². The van der Waals surface area contributed by atoms with E-state index in [1.807, 2.05) is 90.4 Å². The van der Waals surface area contributed by atoms with Crippen molar-refractivity contribution in [2.75, 3.05) is 5.32 Å². The lowest BCUT2D eigenvalue weighted by Crippen LogP contribution is -2.19. The van der Waals surface area contributed by atoms with Crippen LogP contribution in [0.2, 0.25) is 0 Å².